The molecular formula is C16H15BrN2O2. The van der Waals surface area contributed by atoms with E-state index in [1.165, 1.54) is 16.7 Å². The molecule has 4 rings (SSSR count). The van der Waals surface area contributed by atoms with Crippen molar-refractivity contribution in [2.24, 2.45) is 0 Å². The maximum Gasteiger partial charge on any atom is 0.231 e. The third kappa shape index (κ3) is 2.26. The standard InChI is InChI=1S/C16H15BrN2O2/c17-13-2-3-14(18)12-8-19(7-11(12)13)6-10-1-4-15-16(5-10)21-9-20-15/h1-5H,6-9,18H2. The van der Waals surface area contributed by atoms with Crippen LogP contribution >= 0.6 is 15.9 Å². The first-order valence-corrected chi connectivity index (χ1v) is 7.66. The molecule has 5 heteroatoms. The van der Waals surface area contributed by atoms with Crippen molar-refractivity contribution < 1.29 is 9.47 Å². The Morgan fingerprint density at radius 1 is 1.05 bits per heavy atom. The van der Waals surface area contributed by atoms with E-state index in [1.54, 1.807) is 0 Å². The number of halogens is 1. The molecule has 2 N–H and O–H groups in total. The molecule has 4 nitrogen and oxygen atoms in total. The van der Waals surface area contributed by atoms with E-state index in [2.05, 4.69) is 33.0 Å². The van der Waals surface area contributed by atoms with E-state index in [9.17, 15) is 0 Å². The molecule has 2 heterocycles. The lowest BCUT2D eigenvalue weighted by Crippen LogP contribution is -2.15. The van der Waals surface area contributed by atoms with Crippen molar-refractivity contribution in [3.8, 4) is 11.5 Å². The van der Waals surface area contributed by atoms with Gasteiger partial charge in [-0.3, -0.25) is 4.90 Å². The monoisotopic (exact) mass is 346 g/mol. The highest BCUT2D eigenvalue weighted by atomic mass is 79.9. The summed E-state index contributed by atoms with van der Waals surface area (Å²) in [7, 11) is 0. The Labute approximate surface area is 131 Å². The normalized spacial score (nSPS) is 16.2. The SMILES string of the molecule is Nc1ccc(Br)c2c1CN(Cc1ccc3c(c1)OCO3)C2. The lowest BCUT2D eigenvalue weighted by Gasteiger charge is -2.15. The van der Waals surface area contributed by atoms with Gasteiger partial charge in [0.15, 0.2) is 11.5 Å². The molecule has 108 valence electrons. The summed E-state index contributed by atoms with van der Waals surface area (Å²) in [6, 6.07) is 10.1. The molecule has 0 spiro atoms. The average Bonchev–Trinajstić information content (AvgIpc) is 3.09. The number of anilines is 1. The van der Waals surface area contributed by atoms with Gasteiger partial charge in [0.1, 0.15) is 0 Å². The minimum absolute atomic E-state index is 0.317. The van der Waals surface area contributed by atoms with E-state index in [0.29, 0.717) is 6.79 Å². The first-order valence-electron chi connectivity index (χ1n) is 6.87. The van der Waals surface area contributed by atoms with Crippen molar-refractivity contribution in [1.82, 2.24) is 4.90 Å². The summed E-state index contributed by atoms with van der Waals surface area (Å²) in [4.78, 5) is 2.38. The molecule has 2 aromatic carbocycles. The van der Waals surface area contributed by atoms with Crippen LogP contribution in [0.25, 0.3) is 0 Å². The summed E-state index contributed by atoms with van der Waals surface area (Å²) in [5, 5.41) is 0. The fraction of sp³-hybridized carbons (Fsp3) is 0.250. The van der Waals surface area contributed by atoms with Crippen LogP contribution in [0, 0.1) is 0 Å². The number of nitrogens with two attached hydrogens (primary N) is 1. The van der Waals surface area contributed by atoms with Gasteiger partial charge in [0.25, 0.3) is 0 Å². The molecule has 0 saturated carbocycles. The molecule has 0 aromatic heterocycles. The van der Waals surface area contributed by atoms with Crippen LogP contribution in [0.3, 0.4) is 0 Å². The number of nitrogens with zero attached hydrogens (tertiary/aromatic N) is 1. The quantitative estimate of drug-likeness (QED) is 0.847. The van der Waals surface area contributed by atoms with Gasteiger partial charge in [-0.15, -0.1) is 0 Å². The van der Waals surface area contributed by atoms with Crippen molar-refractivity contribution in [3.63, 3.8) is 0 Å². The van der Waals surface area contributed by atoms with Crippen LogP contribution in [-0.2, 0) is 19.6 Å². The Bertz CT molecular complexity index is 687. The van der Waals surface area contributed by atoms with Crippen LogP contribution in [0.4, 0.5) is 5.69 Å². The topological polar surface area (TPSA) is 47.7 Å². The molecule has 2 aliphatic rings. The van der Waals surface area contributed by atoms with Crippen LogP contribution in [0.5, 0.6) is 11.5 Å². The lowest BCUT2D eigenvalue weighted by atomic mass is 10.1. The van der Waals surface area contributed by atoms with Crippen molar-refractivity contribution in [2.45, 2.75) is 19.6 Å². The second-order valence-electron chi connectivity index (χ2n) is 5.43. The summed E-state index contributed by atoms with van der Waals surface area (Å²) < 4.78 is 11.9. The summed E-state index contributed by atoms with van der Waals surface area (Å²) in [6.07, 6.45) is 0. The molecule has 0 aliphatic carbocycles. The van der Waals surface area contributed by atoms with Gasteiger partial charge in [-0.2, -0.15) is 0 Å². The van der Waals surface area contributed by atoms with Crippen LogP contribution in [0.2, 0.25) is 0 Å². The summed E-state index contributed by atoms with van der Waals surface area (Å²) in [6.45, 7) is 2.99. The molecular weight excluding hydrogens is 332 g/mol. The predicted molar refractivity (Wildman–Crippen MR) is 84.1 cm³/mol. The minimum atomic E-state index is 0.317. The van der Waals surface area contributed by atoms with E-state index in [0.717, 1.165) is 41.3 Å². The van der Waals surface area contributed by atoms with Crippen LogP contribution in [-0.4, -0.2) is 11.7 Å². The number of benzene rings is 2. The zero-order valence-corrected chi connectivity index (χ0v) is 13.0. The second-order valence-corrected chi connectivity index (χ2v) is 6.28. The van der Waals surface area contributed by atoms with Gasteiger partial charge in [0, 0.05) is 29.8 Å². The van der Waals surface area contributed by atoms with E-state index < -0.39 is 0 Å². The molecule has 0 atom stereocenters. The van der Waals surface area contributed by atoms with Crippen molar-refractivity contribution in [2.75, 3.05) is 12.5 Å². The smallest absolute Gasteiger partial charge is 0.231 e. The molecule has 0 amide bonds. The van der Waals surface area contributed by atoms with Crippen LogP contribution in [0.1, 0.15) is 16.7 Å². The highest BCUT2D eigenvalue weighted by molar-refractivity contribution is 9.10. The Morgan fingerprint density at radius 2 is 1.86 bits per heavy atom. The number of ether oxygens (including phenoxy) is 2. The molecule has 0 unspecified atom stereocenters. The number of hydrogen-bond donors (Lipinski definition) is 1. The van der Waals surface area contributed by atoms with Crippen LogP contribution in [0.15, 0.2) is 34.8 Å². The summed E-state index contributed by atoms with van der Waals surface area (Å²) in [5.74, 6) is 1.67. The highest BCUT2D eigenvalue weighted by Crippen LogP contribution is 2.36. The Kier molecular flexibility index (Phi) is 3.05. The van der Waals surface area contributed by atoms with Gasteiger partial charge in [-0.25, -0.2) is 0 Å². The molecule has 0 saturated heterocycles. The number of hydrogen-bond acceptors (Lipinski definition) is 4. The maximum absolute atomic E-state index is 6.09. The van der Waals surface area contributed by atoms with E-state index in [1.807, 2.05) is 18.2 Å². The number of fused-ring (bicyclic) bond motifs is 2. The van der Waals surface area contributed by atoms with E-state index >= 15 is 0 Å². The number of rotatable bonds is 2. The van der Waals surface area contributed by atoms with Crippen LogP contribution < -0.4 is 15.2 Å². The number of nitrogen functional groups attached to an aromatic ring is 1. The Hall–Kier alpha value is -1.72. The summed E-state index contributed by atoms with van der Waals surface area (Å²) >= 11 is 3.62. The minimum Gasteiger partial charge on any atom is -0.454 e. The van der Waals surface area contributed by atoms with Gasteiger partial charge in [0.2, 0.25) is 6.79 Å². The zero-order valence-electron chi connectivity index (χ0n) is 11.4. The van der Waals surface area contributed by atoms with Gasteiger partial charge >= 0.3 is 0 Å². The van der Waals surface area contributed by atoms with Gasteiger partial charge in [-0.1, -0.05) is 22.0 Å². The first-order chi connectivity index (χ1) is 10.2. The maximum atomic E-state index is 6.09. The van der Waals surface area contributed by atoms with Crippen molar-refractivity contribution >= 4 is 21.6 Å². The molecule has 2 aromatic rings. The largest absolute Gasteiger partial charge is 0.454 e. The molecule has 2 aliphatic heterocycles. The van der Waals surface area contributed by atoms with Gasteiger partial charge in [-0.05, 0) is 41.0 Å². The van der Waals surface area contributed by atoms with Gasteiger partial charge < -0.3 is 15.2 Å². The first kappa shape index (κ1) is 13.0. The lowest BCUT2D eigenvalue weighted by molar-refractivity contribution is 0.174. The summed E-state index contributed by atoms with van der Waals surface area (Å²) in [5.41, 5.74) is 10.7. The van der Waals surface area contributed by atoms with E-state index in [4.69, 9.17) is 15.2 Å². The predicted octanol–water partition coefficient (Wildman–Crippen LogP) is 3.28. The second kappa shape index (κ2) is 4.93. The Balaban J connectivity index is 1.55. The molecule has 21 heavy (non-hydrogen) atoms. The molecule has 0 fully saturated rings. The molecule has 0 bridgehead atoms. The van der Waals surface area contributed by atoms with E-state index in [-0.39, 0.29) is 0 Å². The highest BCUT2D eigenvalue weighted by Gasteiger charge is 2.23. The third-order valence-corrected chi connectivity index (χ3v) is 4.76. The van der Waals surface area contributed by atoms with Crippen molar-refractivity contribution in [1.29, 1.82) is 0 Å². The fourth-order valence-electron chi connectivity index (χ4n) is 2.95. The Morgan fingerprint density at radius 3 is 2.71 bits per heavy atom. The fourth-order valence-corrected chi connectivity index (χ4v) is 3.45. The average molecular weight is 347 g/mol. The van der Waals surface area contributed by atoms with Gasteiger partial charge in [0.05, 0.1) is 0 Å². The third-order valence-electron chi connectivity index (χ3n) is 4.02. The molecule has 0 radical (unpaired) electrons. The zero-order chi connectivity index (χ0) is 14.4. The van der Waals surface area contributed by atoms with Crippen molar-refractivity contribution in [3.05, 3.63) is 51.5 Å².